The van der Waals surface area contributed by atoms with Crippen molar-refractivity contribution < 1.29 is 8.78 Å². The Labute approximate surface area is 76.6 Å². The molecule has 0 aliphatic heterocycles. The second-order valence-electron chi connectivity index (χ2n) is 2.96. The van der Waals surface area contributed by atoms with E-state index in [-0.39, 0.29) is 0 Å². The summed E-state index contributed by atoms with van der Waals surface area (Å²) >= 11 is 0. The van der Waals surface area contributed by atoms with Crippen LogP contribution in [0.25, 0.3) is 0 Å². The highest BCUT2D eigenvalue weighted by Crippen LogP contribution is 2.13. The topological polar surface area (TPSA) is 26.0 Å². The fourth-order valence-electron chi connectivity index (χ4n) is 1.20. The molecule has 0 atom stereocenters. The molecular weight excluding hydrogens is 172 g/mol. The summed E-state index contributed by atoms with van der Waals surface area (Å²) in [6, 6.07) is 4.26. The summed E-state index contributed by atoms with van der Waals surface area (Å²) in [4.78, 5) is 0. The van der Waals surface area contributed by atoms with Crippen molar-refractivity contribution >= 4 is 0 Å². The van der Waals surface area contributed by atoms with Crippen molar-refractivity contribution in [2.24, 2.45) is 5.73 Å². The number of aryl methyl sites for hydroxylation is 1. The third-order valence-electron chi connectivity index (χ3n) is 1.93. The van der Waals surface area contributed by atoms with Crippen molar-refractivity contribution in [3.8, 4) is 0 Å². The molecule has 72 valence electrons. The van der Waals surface area contributed by atoms with Crippen LogP contribution in [0.5, 0.6) is 0 Å². The lowest BCUT2D eigenvalue weighted by molar-refractivity contribution is 0.496. The molecule has 1 aromatic rings. The molecule has 1 rings (SSSR count). The van der Waals surface area contributed by atoms with Gasteiger partial charge in [-0.2, -0.15) is 0 Å². The van der Waals surface area contributed by atoms with Gasteiger partial charge in [-0.15, -0.1) is 0 Å². The van der Waals surface area contributed by atoms with Gasteiger partial charge in [0.1, 0.15) is 0 Å². The first-order valence-corrected chi connectivity index (χ1v) is 4.38. The number of unbranched alkanes of at least 4 members (excludes halogenated alkanes) is 1. The molecule has 0 heterocycles. The average molecular weight is 185 g/mol. The summed E-state index contributed by atoms with van der Waals surface area (Å²) in [7, 11) is 0. The lowest BCUT2D eigenvalue weighted by atomic mass is 10.1. The summed E-state index contributed by atoms with van der Waals surface area (Å²) in [6.45, 7) is 0.594. The number of benzene rings is 1. The minimum absolute atomic E-state index is 0.438. The molecule has 0 fully saturated rings. The molecule has 0 amide bonds. The van der Waals surface area contributed by atoms with Crippen molar-refractivity contribution in [1.82, 2.24) is 0 Å². The average Bonchev–Trinajstić information content (AvgIpc) is 2.13. The van der Waals surface area contributed by atoms with Gasteiger partial charge in [-0.3, -0.25) is 0 Å². The smallest absolute Gasteiger partial charge is 0.162 e. The highest BCUT2D eigenvalue weighted by molar-refractivity contribution is 5.18. The fraction of sp³-hybridized carbons (Fsp3) is 0.400. The summed E-state index contributed by atoms with van der Waals surface area (Å²) in [5.41, 5.74) is 5.73. The first-order chi connectivity index (χ1) is 6.25. The largest absolute Gasteiger partial charge is 0.330 e. The molecular formula is C10H13F2N. The zero-order chi connectivity index (χ0) is 9.68. The summed E-state index contributed by atoms with van der Waals surface area (Å²) in [5.74, 6) is -1.50. The number of halogens is 2. The van der Waals surface area contributed by atoms with Gasteiger partial charge in [-0.1, -0.05) is 12.1 Å². The van der Waals surface area contributed by atoms with Gasteiger partial charge in [0.25, 0.3) is 0 Å². The zero-order valence-electron chi connectivity index (χ0n) is 7.39. The fourth-order valence-corrected chi connectivity index (χ4v) is 1.20. The molecule has 0 aliphatic carbocycles. The molecule has 2 N–H and O–H groups in total. The predicted molar refractivity (Wildman–Crippen MR) is 48.4 cm³/mol. The zero-order valence-corrected chi connectivity index (χ0v) is 7.39. The molecule has 0 saturated heterocycles. The maximum absolute atomic E-state index is 13.0. The number of rotatable bonds is 4. The second-order valence-corrected chi connectivity index (χ2v) is 2.96. The van der Waals surface area contributed by atoms with E-state index in [0.29, 0.717) is 18.5 Å². The van der Waals surface area contributed by atoms with E-state index in [1.54, 1.807) is 6.07 Å². The van der Waals surface area contributed by atoms with Crippen LogP contribution in [0.4, 0.5) is 8.78 Å². The predicted octanol–water partition coefficient (Wildman–Crippen LogP) is 2.25. The highest BCUT2D eigenvalue weighted by Gasteiger charge is 2.06. The van der Waals surface area contributed by atoms with Crippen LogP contribution in [0.15, 0.2) is 18.2 Å². The van der Waals surface area contributed by atoms with Crippen LogP contribution in [0.1, 0.15) is 18.4 Å². The van der Waals surface area contributed by atoms with E-state index in [2.05, 4.69) is 0 Å². The Morgan fingerprint density at radius 2 is 1.92 bits per heavy atom. The van der Waals surface area contributed by atoms with Crippen molar-refractivity contribution in [2.75, 3.05) is 6.54 Å². The van der Waals surface area contributed by atoms with E-state index in [0.717, 1.165) is 18.9 Å². The molecule has 1 nitrogen and oxygen atoms in total. The second kappa shape index (κ2) is 4.92. The van der Waals surface area contributed by atoms with E-state index in [4.69, 9.17) is 5.73 Å². The Hall–Kier alpha value is -0.960. The Balaban J connectivity index is 2.61. The van der Waals surface area contributed by atoms with E-state index < -0.39 is 11.6 Å². The molecule has 3 heteroatoms. The van der Waals surface area contributed by atoms with Gasteiger partial charge in [-0.25, -0.2) is 8.78 Å². The monoisotopic (exact) mass is 185 g/mol. The number of nitrogens with two attached hydrogens (primary N) is 1. The molecule has 1 aromatic carbocycles. The van der Waals surface area contributed by atoms with Crippen LogP contribution >= 0.6 is 0 Å². The highest BCUT2D eigenvalue weighted by atomic mass is 19.2. The molecule has 0 saturated carbocycles. The van der Waals surface area contributed by atoms with Crippen molar-refractivity contribution in [2.45, 2.75) is 19.3 Å². The Kier molecular flexibility index (Phi) is 3.83. The van der Waals surface area contributed by atoms with Crippen molar-refractivity contribution in [3.05, 3.63) is 35.4 Å². The number of hydrogen-bond acceptors (Lipinski definition) is 1. The molecule has 0 unspecified atom stereocenters. The molecule has 0 aromatic heterocycles. The Morgan fingerprint density at radius 1 is 1.15 bits per heavy atom. The van der Waals surface area contributed by atoms with Crippen LogP contribution in [0.3, 0.4) is 0 Å². The van der Waals surface area contributed by atoms with Gasteiger partial charge in [0.15, 0.2) is 11.6 Å². The van der Waals surface area contributed by atoms with Gasteiger partial charge in [0.05, 0.1) is 0 Å². The maximum Gasteiger partial charge on any atom is 0.162 e. The van der Waals surface area contributed by atoms with Crippen LogP contribution in [0.2, 0.25) is 0 Å². The first kappa shape index (κ1) is 10.1. The van der Waals surface area contributed by atoms with E-state index >= 15 is 0 Å². The quantitative estimate of drug-likeness (QED) is 0.715. The first-order valence-electron chi connectivity index (χ1n) is 4.38. The van der Waals surface area contributed by atoms with Gasteiger partial charge in [0.2, 0.25) is 0 Å². The minimum Gasteiger partial charge on any atom is -0.330 e. The van der Waals surface area contributed by atoms with E-state index in [1.807, 2.05) is 0 Å². The van der Waals surface area contributed by atoms with Crippen LogP contribution in [0, 0.1) is 11.6 Å². The molecule has 0 aliphatic rings. The Morgan fingerprint density at radius 3 is 2.62 bits per heavy atom. The van der Waals surface area contributed by atoms with Crippen LogP contribution in [-0.2, 0) is 6.42 Å². The standard InChI is InChI=1S/C10H13F2N/c11-9-6-3-5-8(10(9)12)4-1-2-7-13/h3,5-6H,1-2,4,7,13H2. The SMILES string of the molecule is NCCCCc1cccc(F)c1F. The van der Waals surface area contributed by atoms with Crippen LogP contribution < -0.4 is 5.73 Å². The van der Waals surface area contributed by atoms with E-state index in [9.17, 15) is 8.78 Å². The third kappa shape index (κ3) is 2.77. The molecule has 13 heavy (non-hydrogen) atoms. The summed E-state index contributed by atoms with van der Waals surface area (Å²) < 4.78 is 25.7. The molecule has 0 radical (unpaired) electrons. The Bertz CT molecular complexity index is 274. The maximum atomic E-state index is 13.0. The van der Waals surface area contributed by atoms with E-state index in [1.165, 1.54) is 6.07 Å². The lowest BCUT2D eigenvalue weighted by Gasteiger charge is -2.02. The van der Waals surface area contributed by atoms with Gasteiger partial charge in [-0.05, 0) is 37.4 Å². The number of hydrogen-bond donors (Lipinski definition) is 1. The van der Waals surface area contributed by atoms with Crippen molar-refractivity contribution in [1.29, 1.82) is 0 Å². The minimum atomic E-state index is -0.773. The summed E-state index contributed by atoms with van der Waals surface area (Å²) in [5, 5.41) is 0. The normalized spacial score (nSPS) is 10.4. The third-order valence-corrected chi connectivity index (χ3v) is 1.93. The van der Waals surface area contributed by atoms with Crippen molar-refractivity contribution in [3.63, 3.8) is 0 Å². The van der Waals surface area contributed by atoms with Gasteiger partial charge in [0, 0.05) is 0 Å². The lowest BCUT2D eigenvalue weighted by Crippen LogP contribution is -2.00. The molecule has 0 bridgehead atoms. The summed E-state index contributed by atoms with van der Waals surface area (Å²) in [6.07, 6.45) is 2.20. The van der Waals surface area contributed by atoms with Gasteiger partial charge < -0.3 is 5.73 Å². The van der Waals surface area contributed by atoms with Gasteiger partial charge >= 0.3 is 0 Å². The van der Waals surface area contributed by atoms with Crippen LogP contribution in [-0.4, -0.2) is 6.54 Å². The molecule has 0 spiro atoms.